The van der Waals surface area contributed by atoms with Crippen molar-refractivity contribution < 1.29 is 18.3 Å². The zero-order chi connectivity index (χ0) is 19.3. The van der Waals surface area contributed by atoms with Gasteiger partial charge < -0.3 is 9.84 Å². The molecule has 27 heavy (non-hydrogen) atoms. The van der Waals surface area contributed by atoms with Crippen molar-refractivity contribution in [3.63, 3.8) is 0 Å². The fourth-order valence-corrected chi connectivity index (χ4v) is 4.63. The van der Waals surface area contributed by atoms with E-state index in [2.05, 4.69) is 4.90 Å². The first kappa shape index (κ1) is 19.8. The first-order chi connectivity index (χ1) is 13.0. The second kappa shape index (κ2) is 8.84. The Morgan fingerprint density at radius 3 is 2.33 bits per heavy atom. The van der Waals surface area contributed by atoms with E-state index in [1.807, 2.05) is 19.1 Å². The molecular formula is C20H26N2O4S. The van der Waals surface area contributed by atoms with E-state index in [-0.39, 0.29) is 11.4 Å². The fourth-order valence-electron chi connectivity index (χ4n) is 3.10. The summed E-state index contributed by atoms with van der Waals surface area (Å²) < 4.78 is 33.1. The molecule has 0 aromatic heterocycles. The number of sulfonamides is 1. The second-order valence-corrected chi connectivity index (χ2v) is 8.61. The van der Waals surface area contributed by atoms with E-state index < -0.39 is 16.1 Å². The molecule has 0 saturated carbocycles. The van der Waals surface area contributed by atoms with Gasteiger partial charge >= 0.3 is 0 Å². The predicted octanol–water partition coefficient (Wildman–Crippen LogP) is 1.88. The van der Waals surface area contributed by atoms with Crippen LogP contribution < -0.4 is 4.31 Å². The molecule has 1 saturated heterocycles. The number of rotatable bonds is 7. The first-order valence-corrected chi connectivity index (χ1v) is 10.5. The lowest BCUT2D eigenvalue weighted by molar-refractivity contribution is 0.0166. The molecule has 7 heteroatoms. The summed E-state index contributed by atoms with van der Waals surface area (Å²) in [5.74, 6) is 0. The van der Waals surface area contributed by atoms with Crippen LogP contribution in [0, 0.1) is 6.92 Å². The van der Waals surface area contributed by atoms with Crippen molar-refractivity contribution in [2.24, 2.45) is 0 Å². The Hall–Kier alpha value is -1.93. The smallest absolute Gasteiger partial charge is 0.264 e. The minimum atomic E-state index is -3.77. The number of aryl methyl sites for hydroxylation is 1. The van der Waals surface area contributed by atoms with E-state index in [1.54, 1.807) is 42.5 Å². The normalized spacial score (nSPS) is 16.8. The van der Waals surface area contributed by atoms with Crippen LogP contribution in [-0.4, -0.2) is 63.9 Å². The van der Waals surface area contributed by atoms with Crippen molar-refractivity contribution in [1.82, 2.24) is 4.90 Å². The maximum absolute atomic E-state index is 13.2. The Balaban J connectivity index is 1.84. The van der Waals surface area contributed by atoms with Crippen LogP contribution in [0.3, 0.4) is 0 Å². The molecule has 0 unspecified atom stereocenters. The number of hydrogen-bond donors (Lipinski definition) is 1. The summed E-state index contributed by atoms with van der Waals surface area (Å²) in [6.07, 6.45) is -0.803. The summed E-state index contributed by atoms with van der Waals surface area (Å²) in [6.45, 7) is 5.12. The highest BCUT2D eigenvalue weighted by molar-refractivity contribution is 7.92. The molecule has 1 fully saturated rings. The van der Waals surface area contributed by atoms with Crippen LogP contribution in [-0.2, 0) is 14.8 Å². The minimum absolute atomic E-state index is 0.00234. The van der Waals surface area contributed by atoms with Gasteiger partial charge in [-0.05, 0) is 31.2 Å². The van der Waals surface area contributed by atoms with E-state index in [1.165, 1.54) is 4.31 Å². The number of morpholine rings is 1. The van der Waals surface area contributed by atoms with Crippen molar-refractivity contribution in [2.45, 2.75) is 17.9 Å². The van der Waals surface area contributed by atoms with Gasteiger partial charge in [0, 0.05) is 19.6 Å². The molecule has 2 aromatic rings. The lowest BCUT2D eigenvalue weighted by Gasteiger charge is -2.31. The van der Waals surface area contributed by atoms with Gasteiger partial charge in [0.05, 0.1) is 36.4 Å². The Bertz CT molecular complexity index is 819. The van der Waals surface area contributed by atoms with Gasteiger partial charge in [-0.15, -0.1) is 0 Å². The van der Waals surface area contributed by atoms with Gasteiger partial charge in [-0.2, -0.15) is 0 Å². The predicted molar refractivity (Wildman–Crippen MR) is 105 cm³/mol. The standard InChI is InChI=1S/C20H26N2O4S/c1-17-7-9-18(10-8-17)22(27(24,25)20-5-3-2-4-6-20)16-19(23)15-21-11-13-26-14-12-21/h2-10,19,23H,11-16H2,1H3/t19-/m1/s1. The molecule has 0 aliphatic carbocycles. The Morgan fingerprint density at radius 2 is 1.70 bits per heavy atom. The topological polar surface area (TPSA) is 70.1 Å². The highest BCUT2D eigenvalue weighted by Gasteiger charge is 2.28. The SMILES string of the molecule is Cc1ccc(N(C[C@H](O)CN2CCOCC2)S(=O)(=O)c2ccccc2)cc1. The third kappa shape index (κ3) is 5.07. The summed E-state index contributed by atoms with van der Waals surface area (Å²) in [5.41, 5.74) is 1.59. The van der Waals surface area contributed by atoms with E-state index in [0.29, 0.717) is 25.4 Å². The van der Waals surface area contributed by atoms with E-state index in [4.69, 9.17) is 4.74 Å². The molecule has 1 aliphatic heterocycles. The maximum atomic E-state index is 13.2. The van der Waals surface area contributed by atoms with E-state index in [0.717, 1.165) is 18.7 Å². The number of hydrogen-bond acceptors (Lipinski definition) is 5. The molecule has 1 aliphatic rings. The molecular weight excluding hydrogens is 364 g/mol. The molecule has 1 N–H and O–H groups in total. The number of nitrogens with zero attached hydrogens (tertiary/aromatic N) is 2. The molecule has 0 radical (unpaired) electrons. The molecule has 3 rings (SSSR count). The summed E-state index contributed by atoms with van der Waals surface area (Å²) in [7, 11) is -3.77. The first-order valence-electron chi connectivity index (χ1n) is 9.09. The van der Waals surface area contributed by atoms with Crippen LogP contribution >= 0.6 is 0 Å². The second-order valence-electron chi connectivity index (χ2n) is 6.75. The monoisotopic (exact) mass is 390 g/mol. The molecule has 0 amide bonds. The molecule has 1 heterocycles. The van der Waals surface area contributed by atoms with E-state index >= 15 is 0 Å². The summed E-state index contributed by atoms with van der Waals surface area (Å²) >= 11 is 0. The summed E-state index contributed by atoms with van der Waals surface area (Å²) in [4.78, 5) is 2.31. The minimum Gasteiger partial charge on any atom is -0.390 e. The quantitative estimate of drug-likeness (QED) is 0.782. The highest BCUT2D eigenvalue weighted by atomic mass is 32.2. The number of aliphatic hydroxyl groups excluding tert-OH is 1. The zero-order valence-corrected chi connectivity index (χ0v) is 16.3. The Morgan fingerprint density at radius 1 is 1.07 bits per heavy atom. The van der Waals surface area contributed by atoms with Gasteiger partial charge in [0.25, 0.3) is 10.0 Å². The third-order valence-corrected chi connectivity index (χ3v) is 6.41. The summed E-state index contributed by atoms with van der Waals surface area (Å²) in [5, 5.41) is 10.6. The van der Waals surface area contributed by atoms with Gasteiger partial charge in [-0.1, -0.05) is 35.9 Å². The molecule has 146 valence electrons. The van der Waals surface area contributed by atoms with Gasteiger partial charge in [0.1, 0.15) is 0 Å². The molecule has 0 bridgehead atoms. The lowest BCUT2D eigenvalue weighted by Crippen LogP contribution is -2.46. The van der Waals surface area contributed by atoms with Crippen molar-refractivity contribution in [1.29, 1.82) is 0 Å². The van der Waals surface area contributed by atoms with Crippen LogP contribution in [0.25, 0.3) is 0 Å². The molecule has 1 atom stereocenters. The Kier molecular flexibility index (Phi) is 6.49. The van der Waals surface area contributed by atoms with Crippen LogP contribution in [0.1, 0.15) is 5.56 Å². The van der Waals surface area contributed by atoms with Gasteiger partial charge in [0.2, 0.25) is 0 Å². The van der Waals surface area contributed by atoms with Crippen molar-refractivity contribution in [3.8, 4) is 0 Å². The lowest BCUT2D eigenvalue weighted by atomic mass is 10.2. The maximum Gasteiger partial charge on any atom is 0.264 e. The van der Waals surface area contributed by atoms with Crippen molar-refractivity contribution >= 4 is 15.7 Å². The number of benzene rings is 2. The van der Waals surface area contributed by atoms with Crippen LogP contribution in [0.5, 0.6) is 0 Å². The van der Waals surface area contributed by atoms with Gasteiger partial charge in [0.15, 0.2) is 0 Å². The van der Waals surface area contributed by atoms with Crippen LogP contribution in [0.15, 0.2) is 59.5 Å². The molecule has 2 aromatic carbocycles. The van der Waals surface area contributed by atoms with Crippen molar-refractivity contribution in [3.05, 3.63) is 60.2 Å². The van der Waals surface area contributed by atoms with Gasteiger partial charge in [-0.25, -0.2) is 8.42 Å². The van der Waals surface area contributed by atoms with Crippen LogP contribution in [0.4, 0.5) is 5.69 Å². The number of β-amino-alcohol motifs (C(OH)–C–C–N with tert-alkyl or cyclic N) is 1. The largest absolute Gasteiger partial charge is 0.390 e. The zero-order valence-electron chi connectivity index (χ0n) is 15.5. The summed E-state index contributed by atoms with van der Waals surface area (Å²) in [6, 6.07) is 15.6. The average molecular weight is 391 g/mol. The fraction of sp³-hybridized carbons (Fsp3) is 0.400. The third-order valence-electron chi connectivity index (χ3n) is 4.60. The van der Waals surface area contributed by atoms with Crippen LogP contribution in [0.2, 0.25) is 0 Å². The molecule has 0 spiro atoms. The average Bonchev–Trinajstić information content (AvgIpc) is 2.68. The highest BCUT2D eigenvalue weighted by Crippen LogP contribution is 2.24. The van der Waals surface area contributed by atoms with E-state index in [9.17, 15) is 13.5 Å². The molecule has 6 nitrogen and oxygen atoms in total. The number of ether oxygens (including phenoxy) is 1. The van der Waals surface area contributed by atoms with Gasteiger partial charge in [-0.3, -0.25) is 9.21 Å². The number of aliphatic hydroxyl groups is 1. The Labute approximate surface area is 161 Å². The van der Waals surface area contributed by atoms with Crippen molar-refractivity contribution in [2.75, 3.05) is 43.7 Å². The number of anilines is 1.